The molecule has 1 amide bonds. The van der Waals surface area contributed by atoms with E-state index < -0.39 is 0 Å². The van der Waals surface area contributed by atoms with E-state index in [1.165, 1.54) is 0 Å². The summed E-state index contributed by atoms with van der Waals surface area (Å²) in [6, 6.07) is 11.9. The van der Waals surface area contributed by atoms with E-state index in [-0.39, 0.29) is 48.5 Å². The van der Waals surface area contributed by atoms with Crippen LogP contribution in [0.1, 0.15) is 33.5 Å². The molecule has 0 radical (unpaired) electrons. The van der Waals surface area contributed by atoms with E-state index in [1.54, 1.807) is 9.42 Å². The van der Waals surface area contributed by atoms with Crippen molar-refractivity contribution < 1.29 is 4.79 Å². The Morgan fingerprint density at radius 3 is 2.52 bits per heavy atom. The minimum atomic E-state index is -0.198. The maximum atomic E-state index is 12.8. The van der Waals surface area contributed by atoms with E-state index in [2.05, 4.69) is 27.2 Å². The molecule has 3 heterocycles. The van der Waals surface area contributed by atoms with Gasteiger partial charge in [0.15, 0.2) is 0 Å². The van der Waals surface area contributed by atoms with Crippen LogP contribution in [0.3, 0.4) is 0 Å². The first-order valence-corrected chi connectivity index (χ1v) is 8.34. The Morgan fingerprint density at radius 2 is 1.81 bits per heavy atom. The molecule has 1 saturated heterocycles. The van der Waals surface area contributed by atoms with Crippen molar-refractivity contribution in [2.75, 3.05) is 13.1 Å². The summed E-state index contributed by atoms with van der Waals surface area (Å²) in [6.45, 7) is 4.89. The Kier molecular flexibility index (Phi) is 6.41. The van der Waals surface area contributed by atoms with Crippen molar-refractivity contribution in [3.63, 3.8) is 0 Å². The molecule has 1 aromatic carbocycles. The first-order chi connectivity index (χ1) is 12.0. The molecule has 0 bridgehead atoms. The van der Waals surface area contributed by atoms with Crippen molar-refractivity contribution in [2.24, 2.45) is 5.73 Å². The number of benzene rings is 1. The number of carbonyl (C=O) groups is 1. The maximum Gasteiger partial charge on any atom is 0.293 e. The third-order valence-electron chi connectivity index (χ3n) is 4.69. The molecule has 144 valence electrons. The van der Waals surface area contributed by atoms with Gasteiger partial charge in [-0.15, -0.1) is 29.9 Å². The van der Waals surface area contributed by atoms with Crippen molar-refractivity contribution >= 4 is 36.5 Å². The zero-order valence-corrected chi connectivity index (χ0v) is 16.7. The van der Waals surface area contributed by atoms with Crippen LogP contribution in [-0.4, -0.2) is 49.5 Å². The van der Waals surface area contributed by atoms with Crippen molar-refractivity contribution in [3.05, 3.63) is 59.2 Å². The molecular weight excluding hydrogens is 387 g/mol. The third-order valence-corrected chi connectivity index (χ3v) is 4.69. The van der Waals surface area contributed by atoms with E-state index in [0.29, 0.717) is 18.9 Å². The van der Waals surface area contributed by atoms with Crippen molar-refractivity contribution in [2.45, 2.75) is 25.8 Å². The summed E-state index contributed by atoms with van der Waals surface area (Å²) in [5.41, 5.74) is 9.19. The van der Waals surface area contributed by atoms with Crippen LogP contribution in [0, 0.1) is 13.8 Å². The summed E-state index contributed by atoms with van der Waals surface area (Å²) in [5.74, 6) is 0.548. The van der Waals surface area contributed by atoms with Gasteiger partial charge in [-0.3, -0.25) is 4.79 Å². The SMILES string of the molecule is Cc1cc(C)n2nc(C(=O)N3C[C@@H](N)[C@H](c4ccccc4)C3)nc2n1.Cl.Cl. The Bertz CT molecular complexity index is 946. The average molecular weight is 409 g/mol. The van der Waals surface area contributed by atoms with Gasteiger partial charge in [-0.05, 0) is 25.5 Å². The van der Waals surface area contributed by atoms with Crippen molar-refractivity contribution in [1.29, 1.82) is 0 Å². The summed E-state index contributed by atoms with van der Waals surface area (Å²) in [4.78, 5) is 23.2. The number of likely N-dealkylation sites (tertiary alicyclic amines) is 1. The highest BCUT2D eigenvalue weighted by Crippen LogP contribution is 2.27. The largest absolute Gasteiger partial charge is 0.334 e. The topological polar surface area (TPSA) is 89.4 Å². The van der Waals surface area contributed by atoms with Crippen LogP contribution < -0.4 is 5.73 Å². The second kappa shape index (κ2) is 8.21. The molecule has 0 aliphatic carbocycles. The van der Waals surface area contributed by atoms with Gasteiger partial charge >= 0.3 is 0 Å². The highest BCUT2D eigenvalue weighted by Gasteiger charge is 2.35. The van der Waals surface area contributed by atoms with E-state index in [9.17, 15) is 4.79 Å². The number of hydrogen-bond donors (Lipinski definition) is 1. The standard InChI is InChI=1S/C18H20N6O.2ClH/c1-11-8-12(2)24-18(20-11)21-16(22-24)17(25)23-9-14(15(19)10-23)13-6-4-3-5-7-13;;/h3-8,14-15H,9-10,19H2,1-2H3;2*1H/t14-,15+;;/m0../s1. The van der Waals surface area contributed by atoms with Crippen molar-refractivity contribution in [1.82, 2.24) is 24.5 Å². The monoisotopic (exact) mass is 408 g/mol. The molecule has 4 rings (SSSR count). The molecule has 0 spiro atoms. The van der Waals surface area contributed by atoms with Crippen LogP contribution in [0.25, 0.3) is 5.78 Å². The molecular formula is C18H22Cl2N6O. The number of rotatable bonds is 2. The Hall–Kier alpha value is -2.22. The first kappa shape index (κ1) is 21.1. The lowest BCUT2D eigenvalue weighted by atomic mass is 9.95. The minimum Gasteiger partial charge on any atom is -0.334 e. The number of aromatic nitrogens is 4. The molecule has 27 heavy (non-hydrogen) atoms. The van der Waals surface area contributed by atoms with Gasteiger partial charge in [-0.25, -0.2) is 9.50 Å². The van der Waals surface area contributed by atoms with Gasteiger partial charge in [0.2, 0.25) is 5.82 Å². The summed E-state index contributed by atoms with van der Waals surface area (Å²) < 4.78 is 1.60. The van der Waals surface area contributed by atoms with Crippen LogP contribution in [-0.2, 0) is 0 Å². The fourth-order valence-corrected chi connectivity index (χ4v) is 3.45. The predicted molar refractivity (Wildman–Crippen MR) is 108 cm³/mol. The lowest BCUT2D eigenvalue weighted by Gasteiger charge is -2.14. The summed E-state index contributed by atoms with van der Waals surface area (Å²) in [5, 5.41) is 4.33. The van der Waals surface area contributed by atoms with E-state index >= 15 is 0 Å². The first-order valence-electron chi connectivity index (χ1n) is 8.34. The second-order valence-electron chi connectivity index (χ2n) is 6.58. The molecule has 2 aromatic heterocycles. The summed E-state index contributed by atoms with van der Waals surface area (Å²) in [6.07, 6.45) is 0. The number of hydrogen-bond acceptors (Lipinski definition) is 5. The number of amides is 1. The molecule has 7 nitrogen and oxygen atoms in total. The fourth-order valence-electron chi connectivity index (χ4n) is 3.45. The number of carbonyl (C=O) groups excluding carboxylic acids is 1. The quantitative estimate of drug-likeness (QED) is 0.701. The molecule has 2 N–H and O–H groups in total. The normalized spacial score (nSPS) is 18.9. The number of fused-ring (bicyclic) bond motifs is 1. The van der Waals surface area contributed by atoms with Crippen LogP contribution in [0.2, 0.25) is 0 Å². The zero-order chi connectivity index (χ0) is 17.6. The van der Waals surface area contributed by atoms with Gasteiger partial charge in [0.1, 0.15) is 0 Å². The third kappa shape index (κ3) is 3.90. The molecule has 9 heteroatoms. The van der Waals surface area contributed by atoms with Gasteiger partial charge in [0.05, 0.1) is 0 Å². The van der Waals surface area contributed by atoms with Gasteiger partial charge in [0, 0.05) is 36.4 Å². The highest BCUT2D eigenvalue weighted by atomic mass is 35.5. The number of aryl methyl sites for hydroxylation is 2. The Balaban J connectivity index is 0.00000131. The van der Waals surface area contributed by atoms with E-state index in [0.717, 1.165) is 17.0 Å². The molecule has 1 aliphatic heterocycles. The molecule has 2 atom stereocenters. The van der Waals surface area contributed by atoms with Crippen LogP contribution in [0.4, 0.5) is 0 Å². The maximum absolute atomic E-state index is 12.8. The van der Waals surface area contributed by atoms with Crippen molar-refractivity contribution in [3.8, 4) is 0 Å². The van der Waals surface area contributed by atoms with E-state index in [4.69, 9.17) is 5.73 Å². The molecule has 1 fully saturated rings. The Morgan fingerprint density at radius 1 is 1.11 bits per heavy atom. The highest BCUT2D eigenvalue weighted by molar-refractivity contribution is 5.91. The van der Waals surface area contributed by atoms with Gasteiger partial charge in [-0.2, -0.15) is 4.98 Å². The molecule has 1 aliphatic rings. The van der Waals surface area contributed by atoms with Crippen LogP contribution in [0.5, 0.6) is 0 Å². The fraction of sp³-hybridized carbons (Fsp3) is 0.333. The van der Waals surface area contributed by atoms with Crippen LogP contribution in [0.15, 0.2) is 36.4 Å². The summed E-state index contributed by atoms with van der Waals surface area (Å²) in [7, 11) is 0. The van der Waals surface area contributed by atoms with E-state index in [1.807, 2.05) is 38.1 Å². The smallest absolute Gasteiger partial charge is 0.293 e. The number of halogens is 2. The number of nitrogens with zero attached hydrogens (tertiary/aromatic N) is 5. The van der Waals surface area contributed by atoms with Gasteiger partial charge in [-0.1, -0.05) is 30.3 Å². The summed E-state index contributed by atoms with van der Waals surface area (Å²) >= 11 is 0. The Labute approximate surface area is 169 Å². The second-order valence-corrected chi connectivity index (χ2v) is 6.58. The molecule has 0 unspecified atom stereocenters. The average Bonchev–Trinajstić information content (AvgIpc) is 3.19. The molecule has 0 saturated carbocycles. The lowest BCUT2D eigenvalue weighted by molar-refractivity contribution is 0.0777. The van der Waals surface area contributed by atoms with Gasteiger partial charge < -0.3 is 10.6 Å². The lowest BCUT2D eigenvalue weighted by Crippen LogP contribution is -2.32. The van der Waals surface area contributed by atoms with Crippen LogP contribution >= 0.6 is 24.8 Å². The molecule has 3 aromatic rings. The van der Waals surface area contributed by atoms with Gasteiger partial charge in [0.25, 0.3) is 11.7 Å². The predicted octanol–water partition coefficient (Wildman–Crippen LogP) is 2.15. The zero-order valence-electron chi connectivity index (χ0n) is 15.1. The minimum absolute atomic E-state index is 0. The number of nitrogens with two attached hydrogens (primary N) is 1.